The molecule has 0 aromatic carbocycles. The number of hydrogen-bond acceptors (Lipinski definition) is 3. The van der Waals surface area contributed by atoms with Crippen LogP contribution in [0.2, 0.25) is 0 Å². The van der Waals surface area contributed by atoms with Gasteiger partial charge in [0.05, 0.1) is 18.8 Å². The van der Waals surface area contributed by atoms with E-state index in [0.717, 1.165) is 13.0 Å². The average molecular weight is 268 g/mol. The molecule has 2 rings (SSSR count). The van der Waals surface area contributed by atoms with E-state index in [2.05, 4.69) is 19.2 Å². The lowest BCUT2D eigenvalue weighted by Crippen LogP contribution is -2.44. The van der Waals surface area contributed by atoms with Crippen molar-refractivity contribution in [1.29, 1.82) is 0 Å². The van der Waals surface area contributed by atoms with Crippen LogP contribution in [-0.4, -0.2) is 43.3 Å². The van der Waals surface area contributed by atoms with Gasteiger partial charge >= 0.3 is 0 Å². The molecule has 2 fully saturated rings. The summed E-state index contributed by atoms with van der Waals surface area (Å²) in [5.74, 6) is 1.32. The highest BCUT2D eigenvalue weighted by Crippen LogP contribution is 2.33. The van der Waals surface area contributed by atoms with Crippen molar-refractivity contribution in [2.24, 2.45) is 11.8 Å². The summed E-state index contributed by atoms with van der Waals surface area (Å²) in [4.78, 5) is 14.6. The number of carbonyl (C=O) groups excluding carboxylic acids is 1. The molecular weight excluding hydrogens is 240 g/mol. The van der Waals surface area contributed by atoms with E-state index in [1.807, 2.05) is 4.90 Å². The number of amides is 1. The third-order valence-electron chi connectivity index (χ3n) is 4.83. The Kier molecular flexibility index (Phi) is 5.22. The Bertz CT molecular complexity index is 303. The fourth-order valence-corrected chi connectivity index (χ4v) is 3.41. The van der Waals surface area contributed by atoms with E-state index in [1.165, 1.54) is 25.7 Å². The lowest BCUT2D eigenvalue weighted by Gasteiger charge is -2.28. The monoisotopic (exact) mass is 268 g/mol. The highest BCUT2D eigenvalue weighted by Gasteiger charge is 2.44. The first-order chi connectivity index (χ1) is 9.19. The van der Waals surface area contributed by atoms with E-state index in [-0.39, 0.29) is 18.1 Å². The van der Waals surface area contributed by atoms with E-state index in [0.29, 0.717) is 18.4 Å². The van der Waals surface area contributed by atoms with Gasteiger partial charge in [-0.05, 0) is 24.7 Å². The first kappa shape index (κ1) is 14.8. The van der Waals surface area contributed by atoms with Crippen LogP contribution < -0.4 is 5.32 Å². The quantitative estimate of drug-likeness (QED) is 0.801. The van der Waals surface area contributed by atoms with E-state index >= 15 is 0 Å². The molecule has 1 saturated heterocycles. The standard InChI is InChI=1S/C15H28N2O2/c1-4-11(2)13-15(18)17(9-10-19-3)14(16-13)12-7-5-6-8-12/h11-14,16H,4-10H2,1-3H3. The van der Waals surface area contributed by atoms with Gasteiger partial charge in [-0.15, -0.1) is 0 Å². The SMILES string of the molecule is CCC(C)C1NC(C2CCCC2)N(CCOC)C1=O. The lowest BCUT2D eigenvalue weighted by atomic mass is 9.99. The molecule has 0 radical (unpaired) electrons. The van der Waals surface area contributed by atoms with Crippen LogP contribution in [0.5, 0.6) is 0 Å². The number of ether oxygens (including phenoxy) is 1. The van der Waals surface area contributed by atoms with Crippen LogP contribution in [0, 0.1) is 11.8 Å². The number of methoxy groups -OCH3 is 1. The minimum Gasteiger partial charge on any atom is -0.383 e. The molecule has 110 valence electrons. The summed E-state index contributed by atoms with van der Waals surface area (Å²) in [6, 6.07) is 0.00690. The van der Waals surface area contributed by atoms with Gasteiger partial charge in [0.1, 0.15) is 0 Å². The molecular formula is C15H28N2O2. The minimum atomic E-state index is 0.00690. The molecule has 19 heavy (non-hydrogen) atoms. The molecule has 3 atom stereocenters. The maximum absolute atomic E-state index is 12.6. The smallest absolute Gasteiger partial charge is 0.241 e. The molecule has 1 N–H and O–H groups in total. The number of nitrogens with zero attached hydrogens (tertiary/aromatic N) is 1. The van der Waals surface area contributed by atoms with Crippen molar-refractivity contribution >= 4 is 5.91 Å². The molecule has 1 amide bonds. The Morgan fingerprint density at radius 1 is 1.42 bits per heavy atom. The van der Waals surface area contributed by atoms with Crippen LogP contribution >= 0.6 is 0 Å². The molecule has 1 aliphatic carbocycles. The van der Waals surface area contributed by atoms with E-state index in [9.17, 15) is 4.79 Å². The largest absolute Gasteiger partial charge is 0.383 e. The summed E-state index contributed by atoms with van der Waals surface area (Å²) in [6.45, 7) is 5.67. The van der Waals surface area contributed by atoms with E-state index in [4.69, 9.17) is 4.74 Å². The maximum atomic E-state index is 12.6. The number of rotatable bonds is 6. The summed E-state index contributed by atoms with van der Waals surface area (Å²) in [5.41, 5.74) is 0. The van der Waals surface area contributed by atoms with Crippen LogP contribution in [-0.2, 0) is 9.53 Å². The second kappa shape index (κ2) is 6.71. The molecule has 2 aliphatic rings. The number of nitrogens with one attached hydrogen (secondary N) is 1. The Morgan fingerprint density at radius 2 is 2.11 bits per heavy atom. The van der Waals surface area contributed by atoms with Gasteiger partial charge in [0.2, 0.25) is 5.91 Å². The van der Waals surface area contributed by atoms with Crippen LogP contribution in [0.25, 0.3) is 0 Å². The average Bonchev–Trinajstić information content (AvgIpc) is 3.03. The zero-order valence-corrected chi connectivity index (χ0v) is 12.5. The maximum Gasteiger partial charge on any atom is 0.241 e. The molecule has 1 heterocycles. The topological polar surface area (TPSA) is 41.6 Å². The molecule has 1 aliphatic heterocycles. The van der Waals surface area contributed by atoms with Crippen LogP contribution in [0.4, 0.5) is 0 Å². The second-order valence-electron chi connectivity index (χ2n) is 6.04. The number of carbonyl (C=O) groups is 1. The van der Waals surface area contributed by atoms with Crippen molar-refractivity contribution in [3.63, 3.8) is 0 Å². The van der Waals surface area contributed by atoms with Gasteiger partial charge in [-0.3, -0.25) is 10.1 Å². The van der Waals surface area contributed by atoms with Crippen molar-refractivity contribution in [3.8, 4) is 0 Å². The van der Waals surface area contributed by atoms with Crippen molar-refractivity contribution in [3.05, 3.63) is 0 Å². The zero-order valence-electron chi connectivity index (χ0n) is 12.5. The Morgan fingerprint density at radius 3 is 2.68 bits per heavy atom. The Labute approximate surface area is 116 Å². The molecule has 4 nitrogen and oxygen atoms in total. The summed E-state index contributed by atoms with van der Waals surface area (Å²) in [5, 5.41) is 3.61. The van der Waals surface area contributed by atoms with Gasteiger partial charge in [0.15, 0.2) is 0 Å². The highest BCUT2D eigenvalue weighted by atomic mass is 16.5. The van der Waals surface area contributed by atoms with Crippen molar-refractivity contribution in [2.75, 3.05) is 20.3 Å². The molecule has 4 heteroatoms. The summed E-state index contributed by atoms with van der Waals surface area (Å²) in [6.07, 6.45) is 6.40. The van der Waals surface area contributed by atoms with Crippen molar-refractivity contribution in [2.45, 2.75) is 58.2 Å². The van der Waals surface area contributed by atoms with Gasteiger partial charge in [0, 0.05) is 13.7 Å². The second-order valence-corrected chi connectivity index (χ2v) is 6.04. The minimum absolute atomic E-state index is 0.00690. The molecule has 0 aromatic rings. The van der Waals surface area contributed by atoms with Crippen LogP contribution in [0.15, 0.2) is 0 Å². The van der Waals surface area contributed by atoms with Gasteiger partial charge in [-0.2, -0.15) is 0 Å². The van der Waals surface area contributed by atoms with Gasteiger partial charge in [0.25, 0.3) is 0 Å². The third-order valence-corrected chi connectivity index (χ3v) is 4.83. The highest BCUT2D eigenvalue weighted by molar-refractivity contribution is 5.84. The fraction of sp³-hybridized carbons (Fsp3) is 0.933. The molecule has 0 bridgehead atoms. The molecule has 0 aromatic heterocycles. The molecule has 0 spiro atoms. The third kappa shape index (κ3) is 3.11. The van der Waals surface area contributed by atoms with E-state index in [1.54, 1.807) is 7.11 Å². The summed E-state index contributed by atoms with van der Waals surface area (Å²) < 4.78 is 5.16. The predicted molar refractivity (Wildman–Crippen MR) is 75.7 cm³/mol. The first-order valence-corrected chi connectivity index (χ1v) is 7.74. The normalized spacial score (nSPS) is 30.3. The Balaban J connectivity index is 2.07. The Hall–Kier alpha value is -0.610. The number of hydrogen-bond donors (Lipinski definition) is 1. The first-order valence-electron chi connectivity index (χ1n) is 7.74. The lowest BCUT2D eigenvalue weighted by molar-refractivity contribution is -0.132. The van der Waals surface area contributed by atoms with Gasteiger partial charge in [-0.25, -0.2) is 0 Å². The van der Waals surface area contributed by atoms with Crippen molar-refractivity contribution in [1.82, 2.24) is 10.2 Å². The van der Waals surface area contributed by atoms with E-state index < -0.39 is 0 Å². The summed E-state index contributed by atoms with van der Waals surface area (Å²) >= 11 is 0. The summed E-state index contributed by atoms with van der Waals surface area (Å²) in [7, 11) is 1.70. The zero-order chi connectivity index (χ0) is 13.8. The molecule has 1 saturated carbocycles. The predicted octanol–water partition coefficient (Wildman–Crippen LogP) is 2.00. The van der Waals surface area contributed by atoms with Gasteiger partial charge in [-0.1, -0.05) is 33.1 Å². The van der Waals surface area contributed by atoms with Crippen LogP contribution in [0.3, 0.4) is 0 Å². The van der Waals surface area contributed by atoms with Gasteiger partial charge < -0.3 is 9.64 Å². The molecule has 3 unspecified atom stereocenters. The fourth-order valence-electron chi connectivity index (χ4n) is 3.41. The van der Waals surface area contributed by atoms with Crippen LogP contribution in [0.1, 0.15) is 46.0 Å². The van der Waals surface area contributed by atoms with Crippen molar-refractivity contribution < 1.29 is 9.53 Å².